The topological polar surface area (TPSA) is 58.4 Å². The second-order valence-electron chi connectivity index (χ2n) is 6.52. The zero-order valence-electron chi connectivity index (χ0n) is 13.6. The summed E-state index contributed by atoms with van der Waals surface area (Å²) in [5.41, 5.74) is 1.67. The molecule has 0 spiro atoms. The second-order valence-corrected chi connectivity index (χ2v) is 6.52. The van der Waals surface area contributed by atoms with E-state index in [2.05, 4.69) is 53.5 Å². The number of aromatic nitrogens is 1. The van der Waals surface area contributed by atoms with Crippen LogP contribution in [0.15, 0.2) is 47.2 Å². The van der Waals surface area contributed by atoms with Crippen LogP contribution >= 0.6 is 0 Å². The van der Waals surface area contributed by atoms with Gasteiger partial charge in [-0.3, -0.25) is 9.69 Å². The summed E-state index contributed by atoms with van der Waals surface area (Å²) in [6.45, 7) is 7.30. The molecule has 5 heteroatoms. The van der Waals surface area contributed by atoms with Gasteiger partial charge in [0.2, 0.25) is 0 Å². The second kappa shape index (κ2) is 6.96. The van der Waals surface area contributed by atoms with E-state index in [4.69, 9.17) is 4.52 Å². The lowest BCUT2D eigenvalue weighted by molar-refractivity contribution is 0.0726. The van der Waals surface area contributed by atoms with E-state index >= 15 is 0 Å². The number of rotatable bonds is 4. The Bertz CT molecular complexity index is 615. The Morgan fingerprint density at radius 2 is 1.91 bits per heavy atom. The number of amides is 1. The van der Waals surface area contributed by atoms with Crippen molar-refractivity contribution in [3.05, 3.63) is 53.9 Å². The zero-order chi connectivity index (χ0) is 16.2. The number of benzene rings is 1. The van der Waals surface area contributed by atoms with E-state index in [1.807, 2.05) is 6.07 Å². The molecule has 0 bridgehead atoms. The lowest BCUT2D eigenvalue weighted by Crippen LogP contribution is -2.54. The molecule has 23 heavy (non-hydrogen) atoms. The number of hydrogen-bond donors (Lipinski definition) is 1. The van der Waals surface area contributed by atoms with Crippen molar-refractivity contribution in [2.24, 2.45) is 11.8 Å². The summed E-state index contributed by atoms with van der Waals surface area (Å²) < 4.78 is 4.74. The first-order valence-corrected chi connectivity index (χ1v) is 8.11. The summed E-state index contributed by atoms with van der Waals surface area (Å²) in [7, 11) is 0. The van der Waals surface area contributed by atoms with Gasteiger partial charge in [0.15, 0.2) is 5.69 Å². The predicted molar refractivity (Wildman–Crippen MR) is 87.8 cm³/mol. The first-order chi connectivity index (χ1) is 11.1. The number of nitrogens with zero attached hydrogens (tertiary/aromatic N) is 2. The minimum atomic E-state index is -0.154. The molecule has 122 valence electrons. The highest BCUT2D eigenvalue weighted by atomic mass is 16.5. The number of likely N-dealkylation sites (tertiary alicyclic amines) is 1. The number of carbonyl (C=O) groups is 1. The Kier molecular flexibility index (Phi) is 4.76. The maximum atomic E-state index is 12.2. The molecule has 1 amide bonds. The van der Waals surface area contributed by atoms with E-state index in [1.54, 1.807) is 6.07 Å². The number of carbonyl (C=O) groups excluding carboxylic acids is 1. The minimum Gasteiger partial charge on any atom is -0.364 e. The fourth-order valence-corrected chi connectivity index (χ4v) is 3.49. The summed E-state index contributed by atoms with van der Waals surface area (Å²) in [6, 6.07) is 12.3. The minimum absolute atomic E-state index is 0.154. The van der Waals surface area contributed by atoms with E-state index in [0.29, 0.717) is 17.5 Å². The van der Waals surface area contributed by atoms with Crippen molar-refractivity contribution in [2.45, 2.75) is 26.4 Å². The number of nitrogens with one attached hydrogen (secondary N) is 1. The van der Waals surface area contributed by atoms with Crippen LogP contribution in [0, 0.1) is 11.8 Å². The van der Waals surface area contributed by atoms with Crippen LogP contribution in [0.25, 0.3) is 0 Å². The maximum absolute atomic E-state index is 12.2. The van der Waals surface area contributed by atoms with Crippen LogP contribution in [0.4, 0.5) is 0 Å². The van der Waals surface area contributed by atoms with Gasteiger partial charge in [-0.2, -0.15) is 0 Å². The van der Waals surface area contributed by atoms with Crippen molar-refractivity contribution in [3.8, 4) is 0 Å². The molecular weight excluding hydrogens is 290 g/mol. The molecule has 1 N–H and O–H groups in total. The Morgan fingerprint density at radius 3 is 2.52 bits per heavy atom. The van der Waals surface area contributed by atoms with Gasteiger partial charge in [-0.1, -0.05) is 49.3 Å². The molecule has 2 atom stereocenters. The van der Waals surface area contributed by atoms with Gasteiger partial charge in [0.1, 0.15) is 6.26 Å². The highest BCUT2D eigenvalue weighted by Gasteiger charge is 2.33. The summed E-state index contributed by atoms with van der Waals surface area (Å²) in [5, 5.41) is 6.82. The number of piperidine rings is 1. The lowest BCUT2D eigenvalue weighted by atomic mass is 9.85. The molecule has 0 aliphatic carbocycles. The van der Waals surface area contributed by atoms with E-state index < -0.39 is 0 Å². The normalized spacial score (nSPS) is 22.9. The monoisotopic (exact) mass is 313 g/mol. The van der Waals surface area contributed by atoms with Crippen LogP contribution in [0.1, 0.15) is 29.9 Å². The number of hydrogen-bond acceptors (Lipinski definition) is 4. The van der Waals surface area contributed by atoms with Crippen molar-refractivity contribution in [2.75, 3.05) is 13.1 Å². The molecule has 0 unspecified atom stereocenters. The average molecular weight is 313 g/mol. The van der Waals surface area contributed by atoms with Crippen LogP contribution in [-0.2, 0) is 6.54 Å². The van der Waals surface area contributed by atoms with E-state index in [0.717, 1.165) is 19.6 Å². The van der Waals surface area contributed by atoms with E-state index in [-0.39, 0.29) is 11.9 Å². The highest BCUT2D eigenvalue weighted by molar-refractivity contribution is 5.92. The molecule has 5 nitrogen and oxygen atoms in total. The van der Waals surface area contributed by atoms with Crippen LogP contribution in [0.3, 0.4) is 0 Å². The van der Waals surface area contributed by atoms with Crippen LogP contribution in [-0.4, -0.2) is 35.1 Å². The Balaban J connectivity index is 1.60. The first-order valence-electron chi connectivity index (χ1n) is 8.11. The highest BCUT2D eigenvalue weighted by Crippen LogP contribution is 2.24. The molecule has 0 radical (unpaired) electrons. The maximum Gasteiger partial charge on any atom is 0.273 e. The molecule has 2 heterocycles. The van der Waals surface area contributed by atoms with Gasteiger partial charge in [-0.15, -0.1) is 0 Å². The van der Waals surface area contributed by atoms with Gasteiger partial charge in [-0.25, -0.2) is 0 Å². The van der Waals surface area contributed by atoms with Crippen molar-refractivity contribution in [3.63, 3.8) is 0 Å². The Hall–Kier alpha value is -2.14. The molecule has 1 saturated heterocycles. The largest absolute Gasteiger partial charge is 0.364 e. The van der Waals surface area contributed by atoms with Crippen LogP contribution in [0.5, 0.6) is 0 Å². The quantitative estimate of drug-likeness (QED) is 0.942. The molecule has 3 rings (SSSR count). The van der Waals surface area contributed by atoms with Crippen LogP contribution < -0.4 is 5.32 Å². The van der Waals surface area contributed by atoms with E-state index in [9.17, 15) is 4.79 Å². The standard InChI is InChI=1S/C18H23N3O2/c1-13-10-21(12-15-6-4-3-5-7-15)11-14(2)17(13)19-18(22)16-8-9-23-20-16/h3-9,13-14,17H,10-12H2,1-2H3,(H,19,22)/t13-,14-/m1/s1. The van der Waals surface area contributed by atoms with Crippen molar-refractivity contribution >= 4 is 5.91 Å². The van der Waals surface area contributed by atoms with Gasteiger partial charge in [0.25, 0.3) is 5.91 Å². The van der Waals surface area contributed by atoms with E-state index in [1.165, 1.54) is 11.8 Å². The lowest BCUT2D eigenvalue weighted by Gasteiger charge is -2.41. The van der Waals surface area contributed by atoms with Gasteiger partial charge >= 0.3 is 0 Å². The van der Waals surface area contributed by atoms with Gasteiger partial charge in [-0.05, 0) is 17.4 Å². The molecule has 1 aromatic heterocycles. The third-order valence-electron chi connectivity index (χ3n) is 4.54. The smallest absolute Gasteiger partial charge is 0.273 e. The van der Waals surface area contributed by atoms with Gasteiger partial charge < -0.3 is 9.84 Å². The SMILES string of the molecule is C[C@@H]1CN(Cc2ccccc2)C[C@@H](C)C1NC(=O)c1ccon1. The average Bonchev–Trinajstić information content (AvgIpc) is 3.06. The third kappa shape index (κ3) is 3.79. The van der Waals surface area contributed by atoms with Gasteiger partial charge in [0.05, 0.1) is 0 Å². The van der Waals surface area contributed by atoms with Crippen molar-refractivity contribution in [1.82, 2.24) is 15.4 Å². The summed E-state index contributed by atoms with van der Waals surface area (Å²) in [6.07, 6.45) is 1.42. The van der Waals surface area contributed by atoms with Crippen molar-refractivity contribution < 1.29 is 9.32 Å². The summed E-state index contributed by atoms with van der Waals surface area (Å²) in [5.74, 6) is 0.621. The van der Waals surface area contributed by atoms with Crippen molar-refractivity contribution in [1.29, 1.82) is 0 Å². The molecule has 1 aliphatic rings. The zero-order valence-corrected chi connectivity index (χ0v) is 13.6. The summed E-state index contributed by atoms with van der Waals surface area (Å²) >= 11 is 0. The molecule has 2 aromatic rings. The predicted octanol–water partition coefficient (Wildman–Crippen LogP) is 2.56. The Morgan fingerprint density at radius 1 is 1.22 bits per heavy atom. The van der Waals surface area contributed by atoms with Crippen LogP contribution in [0.2, 0.25) is 0 Å². The molecule has 1 fully saturated rings. The molecular formula is C18H23N3O2. The molecule has 1 aliphatic heterocycles. The third-order valence-corrected chi connectivity index (χ3v) is 4.54. The summed E-state index contributed by atoms with van der Waals surface area (Å²) in [4.78, 5) is 14.7. The fraction of sp³-hybridized carbons (Fsp3) is 0.444. The first kappa shape index (κ1) is 15.7. The molecule has 0 saturated carbocycles. The fourth-order valence-electron chi connectivity index (χ4n) is 3.49. The van der Waals surface area contributed by atoms with Gasteiger partial charge in [0, 0.05) is 31.7 Å². The molecule has 1 aromatic carbocycles. The Labute approximate surface area is 136 Å².